The lowest BCUT2D eigenvalue weighted by Gasteiger charge is -2.13. The summed E-state index contributed by atoms with van der Waals surface area (Å²) in [6, 6.07) is 22.5. The molecule has 0 aliphatic carbocycles. The van der Waals surface area contributed by atoms with Crippen LogP contribution >= 0.6 is 0 Å². The van der Waals surface area contributed by atoms with Gasteiger partial charge in [-0.25, -0.2) is 4.98 Å². The van der Waals surface area contributed by atoms with Crippen molar-refractivity contribution in [2.45, 2.75) is 19.8 Å². The first-order valence-electron chi connectivity index (χ1n) is 10.3. The number of nitro benzene ring substituents is 1. The minimum atomic E-state index is -0.407. The van der Waals surface area contributed by atoms with Crippen LogP contribution in [0.25, 0.3) is 21.9 Å². The number of hydrogen-bond donors (Lipinski definition) is 1. The number of ether oxygens (including phenoxy) is 1. The highest BCUT2D eigenvalue weighted by Crippen LogP contribution is 2.34. The van der Waals surface area contributed by atoms with Crippen molar-refractivity contribution in [2.75, 3.05) is 11.9 Å². The average Bonchev–Trinajstić information content (AvgIpc) is 2.79. The predicted molar refractivity (Wildman–Crippen MR) is 124 cm³/mol. The average molecular weight is 413 g/mol. The number of rotatable bonds is 8. The maximum Gasteiger partial charge on any atom is 0.271 e. The number of benzene rings is 3. The van der Waals surface area contributed by atoms with Crippen molar-refractivity contribution in [2.24, 2.45) is 0 Å². The van der Waals surface area contributed by atoms with E-state index in [1.54, 1.807) is 18.3 Å². The second kappa shape index (κ2) is 9.26. The van der Waals surface area contributed by atoms with Crippen LogP contribution in [0.15, 0.2) is 79.0 Å². The Morgan fingerprint density at radius 3 is 2.68 bits per heavy atom. The molecular weight excluding hydrogens is 390 g/mol. The van der Waals surface area contributed by atoms with E-state index < -0.39 is 4.92 Å². The summed E-state index contributed by atoms with van der Waals surface area (Å²) < 4.78 is 5.87. The van der Waals surface area contributed by atoms with Gasteiger partial charge in [-0.2, -0.15) is 0 Å². The molecule has 0 radical (unpaired) electrons. The zero-order valence-electron chi connectivity index (χ0n) is 17.2. The number of nitrogens with zero attached hydrogens (tertiary/aromatic N) is 2. The van der Waals surface area contributed by atoms with Gasteiger partial charge in [-0.1, -0.05) is 49.7 Å². The number of anilines is 2. The molecule has 4 rings (SSSR count). The van der Waals surface area contributed by atoms with Crippen molar-refractivity contribution >= 4 is 28.0 Å². The van der Waals surface area contributed by atoms with Crippen molar-refractivity contribution in [3.63, 3.8) is 0 Å². The Hall–Kier alpha value is -3.93. The Morgan fingerprint density at radius 2 is 1.84 bits per heavy atom. The number of nitro groups is 1. The van der Waals surface area contributed by atoms with Crippen LogP contribution in [0.3, 0.4) is 0 Å². The highest BCUT2D eigenvalue weighted by molar-refractivity contribution is 6.02. The van der Waals surface area contributed by atoms with E-state index in [1.807, 2.05) is 30.3 Å². The van der Waals surface area contributed by atoms with Crippen LogP contribution in [-0.2, 0) is 0 Å². The summed E-state index contributed by atoms with van der Waals surface area (Å²) in [5.74, 6) is 1.50. The van der Waals surface area contributed by atoms with Crippen LogP contribution in [0, 0.1) is 10.1 Å². The van der Waals surface area contributed by atoms with Gasteiger partial charge in [0.2, 0.25) is 0 Å². The maximum atomic E-state index is 11.1. The number of fused-ring (bicyclic) bond motifs is 1. The molecule has 156 valence electrons. The molecule has 1 aromatic heterocycles. The standard InChI is InChI=1S/C25H23N3O3/c1-2-3-15-31-21-10-4-7-18(16-21)22-11-6-12-24-23(22)13-14-26-25(24)27-19-8-5-9-20(17-19)28(29)30/h4-14,16-17H,2-3,15H2,1H3,(H,26,27). The summed E-state index contributed by atoms with van der Waals surface area (Å²) in [6.07, 6.45) is 3.86. The molecule has 1 N–H and O–H groups in total. The summed E-state index contributed by atoms with van der Waals surface area (Å²) in [6.45, 7) is 2.85. The molecule has 0 spiro atoms. The molecule has 4 aromatic rings. The smallest absolute Gasteiger partial charge is 0.271 e. The Labute approximate surface area is 180 Å². The Kier molecular flexibility index (Phi) is 6.08. The van der Waals surface area contributed by atoms with Crippen molar-refractivity contribution in [3.8, 4) is 16.9 Å². The molecule has 0 amide bonds. The minimum absolute atomic E-state index is 0.0332. The van der Waals surface area contributed by atoms with E-state index in [9.17, 15) is 10.1 Å². The largest absolute Gasteiger partial charge is 0.494 e. The molecule has 0 bridgehead atoms. The summed E-state index contributed by atoms with van der Waals surface area (Å²) in [7, 11) is 0. The monoisotopic (exact) mass is 413 g/mol. The molecule has 0 fully saturated rings. The zero-order valence-corrected chi connectivity index (χ0v) is 17.2. The van der Waals surface area contributed by atoms with E-state index in [-0.39, 0.29) is 5.69 Å². The zero-order chi connectivity index (χ0) is 21.6. The van der Waals surface area contributed by atoms with E-state index in [0.717, 1.165) is 40.5 Å². The van der Waals surface area contributed by atoms with Crippen molar-refractivity contribution < 1.29 is 9.66 Å². The van der Waals surface area contributed by atoms with Crippen molar-refractivity contribution in [1.29, 1.82) is 0 Å². The van der Waals surface area contributed by atoms with Crippen molar-refractivity contribution in [1.82, 2.24) is 4.98 Å². The Balaban J connectivity index is 1.70. The molecule has 3 aromatic carbocycles. The first kappa shape index (κ1) is 20.3. The number of unbranched alkanes of at least 4 members (excludes halogenated alkanes) is 1. The van der Waals surface area contributed by atoms with Crippen LogP contribution in [0.4, 0.5) is 17.2 Å². The molecule has 1 heterocycles. The van der Waals surface area contributed by atoms with Gasteiger partial charge in [0.15, 0.2) is 0 Å². The van der Waals surface area contributed by atoms with Crippen LogP contribution in [0.1, 0.15) is 19.8 Å². The molecule has 0 saturated carbocycles. The van der Waals surface area contributed by atoms with Gasteiger partial charge < -0.3 is 10.1 Å². The predicted octanol–water partition coefficient (Wildman–Crippen LogP) is 6.73. The lowest BCUT2D eigenvalue weighted by Crippen LogP contribution is -1.97. The number of nitrogens with one attached hydrogen (secondary N) is 1. The third kappa shape index (κ3) is 4.64. The van der Waals surface area contributed by atoms with Crippen LogP contribution in [0.5, 0.6) is 5.75 Å². The second-order valence-corrected chi connectivity index (χ2v) is 7.22. The molecule has 0 aliphatic heterocycles. The fourth-order valence-corrected chi connectivity index (χ4v) is 3.48. The Morgan fingerprint density at radius 1 is 1.00 bits per heavy atom. The summed E-state index contributed by atoms with van der Waals surface area (Å²) >= 11 is 0. The number of hydrogen-bond acceptors (Lipinski definition) is 5. The molecule has 6 nitrogen and oxygen atoms in total. The highest BCUT2D eigenvalue weighted by atomic mass is 16.6. The highest BCUT2D eigenvalue weighted by Gasteiger charge is 2.11. The number of non-ortho nitro benzene ring substituents is 1. The minimum Gasteiger partial charge on any atom is -0.494 e. The second-order valence-electron chi connectivity index (χ2n) is 7.22. The van der Waals surface area contributed by atoms with Gasteiger partial charge in [-0.05, 0) is 47.2 Å². The lowest BCUT2D eigenvalue weighted by atomic mass is 9.99. The molecule has 6 heteroatoms. The SMILES string of the molecule is CCCCOc1cccc(-c2cccc3c(Nc4cccc([N+](=O)[O-])c4)nccc23)c1. The normalized spacial score (nSPS) is 10.7. The van der Waals surface area contributed by atoms with Crippen LogP contribution in [-0.4, -0.2) is 16.5 Å². The summed E-state index contributed by atoms with van der Waals surface area (Å²) in [5.41, 5.74) is 2.78. The molecule has 0 saturated heterocycles. The Bertz CT molecular complexity index is 1220. The van der Waals surface area contributed by atoms with E-state index in [1.165, 1.54) is 12.1 Å². The number of pyridine rings is 1. The van der Waals surface area contributed by atoms with Gasteiger partial charge in [0, 0.05) is 29.4 Å². The summed E-state index contributed by atoms with van der Waals surface area (Å²) in [4.78, 5) is 15.1. The van der Waals surface area contributed by atoms with Gasteiger partial charge in [0.05, 0.1) is 11.5 Å². The van der Waals surface area contributed by atoms with Gasteiger partial charge in [0.1, 0.15) is 11.6 Å². The molecule has 0 atom stereocenters. The van der Waals surface area contributed by atoms with Crippen LogP contribution in [0.2, 0.25) is 0 Å². The fraction of sp³-hybridized carbons (Fsp3) is 0.160. The van der Waals surface area contributed by atoms with Gasteiger partial charge in [-0.15, -0.1) is 0 Å². The van der Waals surface area contributed by atoms with Gasteiger partial charge in [0.25, 0.3) is 5.69 Å². The van der Waals surface area contributed by atoms with E-state index in [2.05, 4.69) is 35.4 Å². The first-order chi connectivity index (χ1) is 15.2. The lowest BCUT2D eigenvalue weighted by molar-refractivity contribution is -0.384. The van der Waals surface area contributed by atoms with Gasteiger partial charge >= 0.3 is 0 Å². The molecule has 31 heavy (non-hydrogen) atoms. The van der Waals surface area contributed by atoms with Gasteiger partial charge in [-0.3, -0.25) is 10.1 Å². The van der Waals surface area contributed by atoms with E-state index in [4.69, 9.17) is 4.74 Å². The van der Waals surface area contributed by atoms with E-state index >= 15 is 0 Å². The van der Waals surface area contributed by atoms with Crippen molar-refractivity contribution in [3.05, 3.63) is 89.1 Å². The first-order valence-corrected chi connectivity index (χ1v) is 10.3. The third-order valence-corrected chi connectivity index (χ3v) is 5.04. The van der Waals surface area contributed by atoms with Crippen LogP contribution < -0.4 is 10.1 Å². The molecular formula is C25H23N3O3. The summed E-state index contributed by atoms with van der Waals surface area (Å²) in [5, 5.41) is 16.3. The maximum absolute atomic E-state index is 11.1. The number of aromatic nitrogens is 1. The molecule has 0 unspecified atom stereocenters. The quantitative estimate of drug-likeness (QED) is 0.197. The topological polar surface area (TPSA) is 77.3 Å². The molecule has 0 aliphatic rings. The third-order valence-electron chi connectivity index (χ3n) is 5.04. The fourth-order valence-electron chi connectivity index (χ4n) is 3.48. The van der Waals surface area contributed by atoms with E-state index in [0.29, 0.717) is 18.1 Å².